The lowest BCUT2D eigenvalue weighted by Crippen LogP contribution is -1.99. The molecule has 0 unspecified atom stereocenters. The lowest BCUT2D eigenvalue weighted by Gasteiger charge is -2.14. The molecule has 1 aromatic heterocycles. The van der Waals surface area contributed by atoms with Crippen LogP contribution in [-0.4, -0.2) is 0 Å². The summed E-state index contributed by atoms with van der Waals surface area (Å²) in [5, 5.41) is 6.66. The molecule has 0 saturated carbocycles. The quantitative estimate of drug-likeness (QED) is 0.199. The molecular weight excluding hydrogens is 511 g/mol. The van der Waals surface area contributed by atoms with E-state index in [2.05, 4.69) is 113 Å². The van der Waals surface area contributed by atoms with Gasteiger partial charge in [0.05, 0.1) is 14.1 Å². The first-order valence-electron chi connectivity index (χ1n) is 9.43. The monoisotopic (exact) mass is 528 g/mol. The zero-order valence-electron chi connectivity index (χ0n) is 16.3. The number of fused-ring (bicyclic) bond motifs is 7. The van der Waals surface area contributed by atoms with Gasteiger partial charge in [-0.1, -0.05) is 48.5 Å². The van der Waals surface area contributed by atoms with Gasteiger partial charge >= 0.3 is 0 Å². The molecule has 0 fully saturated rings. The van der Waals surface area contributed by atoms with E-state index in [1.54, 1.807) is 0 Å². The Morgan fingerprint density at radius 1 is 0.690 bits per heavy atom. The van der Waals surface area contributed by atoms with Crippen LogP contribution < -0.4 is 0 Å². The summed E-state index contributed by atoms with van der Waals surface area (Å²) in [5.74, 6) is 0. The summed E-state index contributed by atoms with van der Waals surface area (Å²) in [7, 11) is -1.22. The van der Waals surface area contributed by atoms with Crippen molar-refractivity contribution in [3.63, 3.8) is 0 Å². The topological polar surface area (TPSA) is 26.3 Å². The van der Waals surface area contributed by atoms with Crippen molar-refractivity contribution in [1.29, 1.82) is 0 Å². The fourth-order valence-corrected chi connectivity index (χ4v) is 6.32. The molecule has 0 amide bonds. The van der Waals surface area contributed by atoms with Gasteiger partial charge in [0.2, 0.25) is 8.01 Å². The SMILES string of the molecule is CC(C)(C)p1oc2c(Br)cc3ccccc3c2c2c(o1)c(Br)cc1ccccc12. The molecule has 0 bridgehead atoms. The van der Waals surface area contributed by atoms with Crippen LogP contribution in [-0.2, 0) is 5.16 Å². The third-order valence-electron chi connectivity index (χ3n) is 5.06. The van der Waals surface area contributed by atoms with Gasteiger partial charge in [-0.2, -0.15) is 0 Å². The molecule has 0 saturated heterocycles. The number of hydrogen-bond acceptors (Lipinski definition) is 2. The summed E-state index contributed by atoms with van der Waals surface area (Å²) in [5.41, 5.74) is 1.71. The molecule has 146 valence electrons. The summed E-state index contributed by atoms with van der Waals surface area (Å²) in [4.78, 5) is 0. The van der Waals surface area contributed by atoms with E-state index >= 15 is 0 Å². The molecule has 0 aliphatic heterocycles. The predicted octanol–water partition coefficient (Wildman–Crippen LogP) is 9.88. The first kappa shape index (κ1) is 19.2. The molecule has 0 aliphatic rings. The van der Waals surface area contributed by atoms with Crippen molar-refractivity contribution in [2.24, 2.45) is 0 Å². The van der Waals surface area contributed by atoms with Gasteiger partial charge in [0.15, 0.2) is 11.2 Å². The van der Waals surface area contributed by atoms with Gasteiger partial charge in [-0.25, -0.2) is 0 Å². The van der Waals surface area contributed by atoms with Crippen molar-refractivity contribution in [3.05, 3.63) is 69.6 Å². The lowest BCUT2D eigenvalue weighted by atomic mass is 9.99. The summed E-state index contributed by atoms with van der Waals surface area (Å²) in [6.45, 7) is 6.48. The van der Waals surface area contributed by atoms with E-state index in [1.165, 1.54) is 10.8 Å². The maximum absolute atomic E-state index is 6.62. The smallest absolute Gasteiger partial charge is 0.222 e. The zero-order valence-corrected chi connectivity index (χ0v) is 20.4. The minimum atomic E-state index is -1.22. The second kappa shape index (κ2) is 6.91. The first-order valence-corrected chi connectivity index (χ1v) is 12.2. The third-order valence-corrected chi connectivity index (χ3v) is 8.03. The number of hydrogen-bond donors (Lipinski definition) is 0. The Kier molecular flexibility index (Phi) is 4.58. The Morgan fingerprint density at radius 3 is 1.52 bits per heavy atom. The average molecular weight is 530 g/mol. The van der Waals surface area contributed by atoms with E-state index in [4.69, 9.17) is 8.39 Å². The van der Waals surface area contributed by atoms with Crippen molar-refractivity contribution in [2.75, 3.05) is 0 Å². The van der Waals surface area contributed by atoms with Crippen molar-refractivity contribution in [1.82, 2.24) is 0 Å². The molecule has 4 aromatic carbocycles. The molecule has 0 spiro atoms. The van der Waals surface area contributed by atoms with Gasteiger partial charge in [0.1, 0.15) is 0 Å². The maximum Gasteiger partial charge on any atom is 0.222 e. The van der Waals surface area contributed by atoms with Crippen molar-refractivity contribution < 1.29 is 8.39 Å². The van der Waals surface area contributed by atoms with Crippen molar-refractivity contribution in [2.45, 2.75) is 25.9 Å². The van der Waals surface area contributed by atoms with E-state index in [9.17, 15) is 0 Å². The fraction of sp³-hybridized carbons (Fsp3) is 0.167. The maximum atomic E-state index is 6.62. The number of benzene rings is 4. The highest BCUT2D eigenvalue weighted by atomic mass is 79.9. The van der Waals surface area contributed by atoms with Crippen molar-refractivity contribution in [3.8, 4) is 0 Å². The molecular formula is C24H19Br2O2P. The Balaban J connectivity index is 2.24. The second-order valence-electron chi connectivity index (χ2n) is 8.18. The molecule has 0 radical (unpaired) electrons. The Morgan fingerprint density at radius 2 is 1.10 bits per heavy atom. The van der Waals surface area contributed by atoms with Crippen LogP contribution in [0.5, 0.6) is 0 Å². The normalized spacial score (nSPS) is 12.3. The Labute approximate surface area is 186 Å². The number of halogens is 2. The van der Waals surface area contributed by atoms with Crippen LogP contribution in [0.2, 0.25) is 0 Å². The highest BCUT2D eigenvalue weighted by Crippen LogP contribution is 2.51. The molecule has 1 heterocycles. The average Bonchev–Trinajstić information content (AvgIpc) is 2.87. The van der Waals surface area contributed by atoms with Crippen LogP contribution in [0, 0.1) is 0 Å². The molecule has 2 nitrogen and oxygen atoms in total. The van der Waals surface area contributed by atoms with Gasteiger partial charge in [0, 0.05) is 10.8 Å². The molecule has 0 N–H and O–H groups in total. The van der Waals surface area contributed by atoms with Gasteiger partial charge in [-0.3, -0.25) is 0 Å². The zero-order chi connectivity index (χ0) is 20.3. The minimum absolute atomic E-state index is 0.148. The molecule has 29 heavy (non-hydrogen) atoms. The van der Waals surface area contributed by atoms with Gasteiger partial charge in [-0.15, -0.1) is 0 Å². The number of rotatable bonds is 0. The van der Waals surface area contributed by atoms with E-state index in [0.29, 0.717) is 0 Å². The second-order valence-corrected chi connectivity index (χ2v) is 12.1. The van der Waals surface area contributed by atoms with Gasteiger partial charge in [0.25, 0.3) is 0 Å². The minimum Gasteiger partial charge on any atom is -0.417 e. The molecule has 0 aliphatic carbocycles. The van der Waals surface area contributed by atoms with Gasteiger partial charge < -0.3 is 8.39 Å². The van der Waals surface area contributed by atoms with Crippen LogP contribution >= 0.6 is 39.9 Å². The van der Waals surface area contributed by atoms with E-state index in [0.717, 1.165) is 41.7 Å². The fourth-order valence-electron chi connectivity index (χ4n) is 3.72. The molecule has 0 atom stereocenters. The summed E-state index contributed by atoms with van der Waals surface area (Å²) >= 11 is 7.57. The third kappa shape index (κ3) is 3.13. The van der Waals surface area contributed by atoms with E-state index < -0.39 is 8.01 Å². The molecule has 5 heteroatoms. The summed E-state index contributed by atoms with van der Waals surface area (Å²) in [6.07, 6.45) is 0. The van der Waals surface area contributed by atoms with Gasteiger partial charge in [-0.05, 0) is 86.3 Å². The van der Waals surface area contributed by atoms with Crippen LogP contribution in [0.15, 0.2) is 78.0 Å². The van der Waals surface area contributed by atoms with E-state index in [1.807, 2.05) is 0 Å². The summed E-state index contributed by atoms with van der Waals surface area (Å²) in [6, 6.07) is 21.2. The Bertz CT molecular complexity index is 1360. The van der Waals surface area contributed by atoms with Crippen molar-refractivity contribution >= 4 is 83.4 Å². The first-order chi connectivity index (χ1) is 13.8. The highest BCUT2D eigenvalue weighted by molar-refractivity contribution is 9.11. The lowest BCUT2D eigenvalue weighted by molar-refractivity contribution is 0.564. The Hall–Kier alpha value is -1.74. The van der Waals surface area contributed by atoms with Crippen LogP contribution in [0.4, 0.5) is 0 Å². The largest absolute Gasteiger partial charge is 0.417 e. The van der Waals surface area contributed by atoms with Crippen LogP contribution in [0.25, 0.3) is 43.5 Å². The molecule has 5 rings (SSSR count). The standard InChI is InChI=1S/C24H19Br2O2P/c1-24(2,3)29-27-22-18(25)12-14-8-4-6-10-16(14)20(22)21-17-11-7-5-9-15(17)13-19(26)23(21)28-29/h4-13H,1-3H3. The molecule has 5 aromatic rings. The highest BCUT2D eigenvalue weighted by Gasteiger charge is 2.23. The van der Waals surface area contributed by atoms with E-state index in [-0.39, 0.29) is 5.16 Å². The summed E-state index contributed by atoms with van der Waals surface area (Å²) < 4.78 is 15.1. The predicted molar refractivity (Wildman–Crippen MR) is 132 cm³/mol. The van der Waals surface area contributed by atoms with Crippen LogP contribution in [0.1, 0.15) is 20.8 Å². The van der Waals surface area contributed by atoms with Crippen LogP contribution in [0.3, 0.4) is 0 Å².